The predicted molar refractivity (Wildman–Crippen MR) is 61.2 cm³/mol. The molecule has 1 aliphatic rings. The molecule has 18 heavy (non-hydrogen) atoms. The Morgan fingerprint density at radius 1 is 1.33 bits per heavy atom. The van der Waals surface area contributed by atoms with Gasteiger partial charge in [0.05, 0.1) is 12.6 Å². The molecule has 4 nitrogen and oxygen atoms in total. The summed E-state index contributed by atoms with van der Waals surface area (Å²) in [5.41, 5.74) is -0.264. The first-order chi connectivity index (χ1) is 8.63. The SMILES string of the molecule is OC[C@H]1OCC[C@H](Nc2c(F)cccc2F)[C@@H]1O. The van der Waals surface area contributed by atoms with Crippen molar-refractivity contribution in [3.05, 3.63) is 29.8 Å². The zero-order valence-corrected chi connectivity index (χ0v) is 9.64. The van der Waals surface area contributed by atoms with Crippen LogP contribution in [0, 0.1) is 11.6 Å². The van der Waals surface area contributed by atoms with Gasteiger partial charge in [-0.3, -0.25) is 0 Å². The summed E-state index contributed by atoms with van der Waals surface area (Å²) < 4.78 is 32.0. The minimum Gasteiger partial charge on any atom is -0.394 e. The molecule has 1 heterocycles. The topological polar surface area (TPSA) is 61.7 Å². The van der Waals surface area contributed by atoms with Crippen molar-refractivity contribution in [1.29, 1.82) is 0 Å². The summed E-state index contributed by atoms with van der Waals surface area (Å²) in [5.74, 6) is -1.43. The summed E-state index contributed by atoms with van der Waals surface area (Å²) in [6.07, 6.45) is -1.33. The number of aliphatic hydroxyl groups excluding tert-OH is 2. The van der Waals surface area contributed by atoms with Gasteiger partial charge in [0.1, 0.15) is 29.5 Å². The van der Waals surface area contributed by atoms with E-state index in [4.69, 9.17) is 9.84 Å². The van der Waals surface area contributed by atoms with E-state index in [1.165, 1.54) is 6.07 Å². The summed E-state index contributed by atoms with van der Waals surface area (Å²) in [4.78, 5) is 0. The quantitative estimate of drug-likeness (QED) is 0.754. The minimum absolute atomic E-state index is 0.264. The number of hydrogen-bond donors (Lipinski definition) is 3. The van der Waals surface area contributed by atoms with E-state index < -0.39 is 29.9 Å². The lowest BCUT2D eigenvalue weighted by Crippen LogP contribution is -2.49. The maximum Gasteiger partial charge on any atom is 0.149 e. The average molecular weight is 259 g/mol. The van der Waals surface area contributed by atoms with Crippen LogP contribution in [0.15, 0.2) is 18.2 Å². The van der Waals surface area contributed by atoms with Crippen molar-refractivity contribution in [2.24, 2.45) is 0 Å². The monoisotopic (exact) mass is 259 g/mol. The predicted octanol–water partition coefficient (Wildman–Crippen LogP) is 0.887. The molecule has 0 amide bonds. The van der Waals surface area contributed by atoms with Gasteiger partial charge in [0, 0.05) is 6.61 Å². The van der Waals surface area contributed by atoms with E-state index in [1.807, 2.05) is 0 Å². The Morgan fingerprint density at radius 3 is 2.61 bits per heavy atom. The summed E-state index contributed by atoms with van der Waals surface area (Å²) >= 11 is 0. The van der Waals surface area contributed by atoms with E-state index >= 15 is 0 Å². The maximum atomic E-state index is 13.4. The summed E-state index contributed by atoms with van der Waals surface area (Å²) in [5, 5.41) is 21.5. The number of para-hydroxylation sites is 1. The molecule has 3 atom stereocenters. The van der Waals surface area contributed by atoms with Crippen LogP contribution in [0.3, 0.4) is 0 Å². The normalized spacial score (nSPS) is 28.1. The summed E-state index contributed by atoms with van der Waals surface area (Å²) in [6, 6.07) is 3.00. The Morgan fingerprint density at radius 2 is 2.00 bits per heavy atom. The highest BCUT2D eigenvalue weighted by Gasteiger charge is 2.33. The van der Waals surface area contributed by atoms with E-state index in [1.54, 1.807) is 0 Å². The zero-order valence-electron chi connectivity index (χ0n) is 9.64. The molecule has 6 heteroatoms. The van der Waals surface area contributed by atoms with Gasteiger partial charge in [0.25, 0.3) is 0 Å². The van der Waals surface area contributed by atoms with Crippen molar-refractivity contribution in [2.75, 3.05) is 18.5 Å². The number of rotatable bonds is 3. The lowest BCUT2D eigenvalue weighted by atomic mass is 9.99. The second-order valence-electron chi connectivity index (χ2n) is 4.22. The summed E-state index contributed by atoms with van der Waals surface area (Å²) in [7, 11) is 0. The molecular weight excluding hydrogens is 244 g/mol. The molecule has 0 unspecified atom stereocenters. The van der Waals surface area contributed by atoms with Gasteiger partial charge in [-0.25, -0.2) is 8.78 Å². The Hall–Kier alpha value is -1.24. The van der Waals surface area contributed by atoms with Gasteiger partial charge in [0.2, 0.25) is 0 Å². The second kappa shape index (κ2) is 5.60. The van der Waals surface area contributed by atoms with Crippen LogP contribution in [0.5, 0.6) is 0 Å². The third-order valence-electron chi connectivity index (χ3n) is 3.03. The molecule has 1 fully saturated rings. The van der Waals surface area contributed by atoms with Gasteiger partial charge in [-0.2, -0.15) is 0 Å². The molecule has 0 spiro atoms. The largest absolute Gasteiger partial charge is 0.394 e. The first-order valence-corrected chi connectivity index (χ1v) is 5.74. The fourth-order valence-corrected chi connectivity index (χ4v) is 2.01. The van der Waals surface area contributed by atoms with Gasteiger partial charge >= 0.3 is 0 Å². The van der Waals surface area contributed by atoms with Gasteiger partial charge < -0.3 is 20.3 Å². The first-order valence-electron chi connectivity index (χ1n) is 5.74. The molecule has 100 valence electrons. The van der Waals surface area contributed by atoms with Crippen molar-refractivity contribution in [3.63, 3.8) is 0 Å². The van der Waals surface area contributed by atoms with Gasteiger partial charge in [-0.15, -0.1) is 0 Å². The number of hydrogen-bond acceptors (Lipinski definition) is 4. The first kappa shape index (κ1) is 13.2. The standard InChI is InChI=1S/C12H15F2NO3/c13-7-2-1-3-8(14)11(7)15-9-4-5-18-10(6-16)12(9)17/h1-3,9-10,12,15-17H,4-6H2/t9-,10+,12-/m0/s1. The van der Waals surface area contributed by atoms with Crippen LogP contribution >= 0.6 is 0 Å². The van der Waals surface area contributed by atoms with Crippen LogP contribution in [-0.2, 0) is 4.74 Å². The maximum absolute atomic E-state index is 13.4. The van der Waals surface area contributed by atoms with Crippen LogP contribution in [0.25, 0.3) is 0 Å². The molecular formula is C12H15F2NO3. The highest BCUT2D eigenvalue weighted by molar-refractivity contribution is 5.47. The average Bonchev–Trinajstić information content (AvgIpc) is 2.36. The van der Waals surface area contributed by atoms with E-state index in [2.05, 4.69) is 5.32 Å². The Kier molecular flexibility index (Phi) is 4.11. The molecule has 0 bridgehead atoms. The van der Waals surface area contributed by atoms with Crippen LogP contribution < -0.4 is 5.32 Å². The van der Waals surface area contributed by atoms with Crippen LogP contribution in [0.4, 0.5) is 14.5 Å². The fraction of sp³-hybridized carbons (Fsp3) is 0.500. The van der Waals surface area contributed by atoms with E-state index in [-0.39, 0.29) is 12.3 Å². The number of ether oxygens (including phenoxy) is 1. The molecule has 2 rings (SSSR count). The molecule has 0 aromatic heterocycles. The van der Waals surface area contributed by atoms with Crippen molar-refractivity contribution in [1.82, 2.24) is 0 Å². The van der Waals surface area contributed by atoms with Crippen molar-refractivity contribution in [3.8, 4) is 0 Å². The number of anilines is 1. The smallest absolute Gasteiger partial charge is 0.149 e. The van der Waals surface area contributed by atoms with E-state index in [9.17, 15) is 13.9 Å². The molecule has 0 radical (unpaired) electrons. The molecule has 0 saturated carbocycles. The Bertz CT molecular complexity index is 396. The third-order valence-corrected chi connectivity index (χ3v) is 3.03. The molecule has 1 aliphatic heterocycles. The van der Waals surface area contributed by atoms with Crippen molar-refractivity contribution >= 4 is 5.69 Å². The van der Waals surface area contributed by atoms with Crippen molar-refractivity contribution < 1.29 is 23.7 Å². The molecule has 1 aromatic rings. The Balaban J connectivity index is 2.13. The van der Waals surface area contributed by atoms with Crippen LogP contribution in [-0.4, -0.2) is 41.7 Å². The molecule has 3 N–H and O–H groups in total. The second-order valence-corrected chi connectivity index (χ2v) is 4.22. The summed E-state index contributed by atoms with van der Waals surface area (Å²) in [6.45, 7) is -0.0187. The zero-order chi connectivity index (χ0) is 13.1. The molecule has 1 saturated heterocycles. The third kappa shape index (κ3) is 2.60. The highest BCUT2D eigenvalue weighted by Crippen LogP contribution is 2.23. The number of benzene rings is 1. The highest BCUT2D eigenvalue weighted by atomic mass is 19.1. The van der Waals surface area contributed by atoms with Crippen LogP contribution in [0.1, 0.15) is 6.42 Å². The van der Waals surface area contributed by atoms with Gasteiger partial charge in [-0.1, -0.05) is 6.07 Å². The van der Waals surface area contributed by atoms with E-state index in [0.29, 0.717) is 13.0 Å². The number of nitrogens with one attached hydrogen (secondary N) is 1. The molecule has 0 aliphatic carbocycles. The lowest BCUT2D eigenvalue weighted by Gasteiger charge is -2.35. The Labute approximate surface area is 103 Å². The number of halogens is 2. The minimum atomic E-state index is -1.01. The number of aliphatic hydroxyl groups is 2. The van der Waals surface area contributed by atoms with Gasteiger partial charge in [-0.05, 0) is 18.6 Å². The van der Waals surface area contributed by atoms with Crippen molar-refractivity contribution in [2.45, 2.75) is 24.7 Å². The van der Waals surface area contributed by atoms with E-state index in [0.717, 1.165) is 12.1 Å². The lowest BCUT2D eigenvalue weighted by molar-refractivity contribution is -0.0997. The van der Waals surface area contributed by atoms with Gasteiger partial charge in [0.15, 0.2) is 0 Å². The fourth-order valence-electron chi connectivity index (χ4n) is 2.01. The molecule has 1 aromatic carbocycles. The van der Waals surface area contributed by atoms with Crippen LogP contribution in [0.2, 0.25) is 0 Å².